The fraction of sp³-hybridized carbons (Fsp3) is 0.391. The first kappa shape index (κ1) is 21.3. The number of amides is 2. The second-order valence-corrected chi connectivity index (χ2v) is 8.46. The fourth-order valence-electron chi connectivity index (χ4n) is 3.82. The molecule has 0 radical (unpaired) electrons. The van der Waals surface area contributed by atoms with E-state index in [9.17, 15) is 9.59 Å². The van der Waals surface area contributed by atoms with E-state index < -0.39 is 0 Å². The number of rotatable bonds is 7. The molecule has 2 N–H and O–H groups in total. The Balaban J connectivity index is 1.46. The van der Waals surface area contributed by atoms with E-state index in [-0.39, 0.29) is 23.8 Å². The van der Waals surface area contributed by atoms with E-state index >= 15 is 0 Å². The molecule has 1 saturated heterocycles. The van der Waals surface area contributed by atoms with E-state index in [1.807, 2.05) is 29.2 Å². The van der Waals surface area contributed by atoms with Gasteiger partial charge < -0.3 is 15.5 Å². The normalized spacial score (nSPS) is 18.4. The van der Waals surface area contributed by atoms with Gasteiger partial charge in [0, 0.05) is 37.2 Å². The fourth-order valence-corrected chi connectivity index (χ4v) is 3.98. The molecule has 2 fully saturated rings. The molecule has 1 aromatic heterocycles. The molecule has 2 aromatic rings. The van der Waals surface area contributed by atoms with Crippen LogP contribution < -0.4 is 10.6 Å². The molecule has 1 atom stereocenters. The number of benzene rings is 1. The van der Waals surface area contributed by atoms with Crippen molar-refractivity contribution in [3.05, 3.63) is 59.4 Å². The predicted molar refractivity (Wildman–Crippen MR) is 121 cm³/mol. The highest BCUT2D eigenvalue weighted by Gasteiger charge is 2.35. The maximum Gasteiger partial charge on any atom is 0.247 e. The highest BCUT2D eigenvalue weighted by Crippen LogP contribution is 2.32. The van der Waals surface area contributed by atoms with Gasteiger partial charge in [-0.25, -0.2) is 9.97 Å². The van der Waals surface area contributed by atoms with E-state index in [4.69, 9.17) is 11.6 Å². The third kappa shape index (κ3) is 5.41. The molecule has 4 rings (SSSR count). The first-order valence-electron chi connectivity index (χ1n) is 10.6. The van der Waals surface area contributed by atoms with Gasteiger partial charge in [0.05, 0.1) is 16.9 Å². The van der Waals surface area contributed by atoms with Gasteiger partial charge in [0.1, 0.15) is 0 Å². The van der Waals surface area contributed by atoms with Gasteiger partial charge in [0.2, 0.25) is 17.8 Å². The summed E-state index contributed by atoms with van der Waals surface area (Å²) in [5, 5.41) is 6.65. The van der Waals surface area contributed by atoms with Crippen molar-refractivity contribution in [2.75, 3.05) is 23.7 Å². The SMILES string of the molecule is C=CC(=O)Nc1ccccc1Cc1nc(N[C@H]2CCCN(C(=O)C3CC3)C2)ncc1Cl. The van der Waals surface area contributed by atoms with Crippen LogP contribution in [0.2, 0.25) is 5.02 Å². The smallest absolute Gasteiger partial charge is 0.247 e. The molecule has 2 heterocycles. The Morgan fingerprint density at radius 2 is 2.06 bits per heavy atom. The number of carbonyl (C=O) groups is 2. The molecule has 0 bridgehead atoms. The number of nitrogens with one attached hydrogen (secondary N) is 2. The van der Waals surface area contributed by atoms with Crippen LogP contribution in [0.15, 0.2) is 43.1 Å². The standard InChI is InChI=1S/C23H26ClN5O2/c1-2-21(30)27-19-8-4-3-6-16(19)12-20-18(24)13-25-23(28-20)26-17-7-5-11-29(14-17)22(31)15-9-10-15/h2-4,6,8,13,15,17H,1,5,7,9-12,14H2,(H,27,30)(H,25,26,28)/t17-/m0/s1. The second kappa shape index (κ2) is 9.47. The molecule has 1 aliphatic carbocycles. The summed E-state index contributed by atoms with van der Waals surface area (Å²) in [4.78, 5) is 35.1. The third-order valence-electron chi connectivity index (χ3n) is 5.63. The van der Waals surface area contributed by atoms with Gasteiger partial charge in [-0.15, -0.1) is 0 Å². The lowest BCUT2D eigenvalue weighted by Crippen LogP contribution is -2.45. The van der Waals surface area contributed by atoms with E-state index in [1.165, 1.54) is 6.08 Å². The van der Waals surface area contributed by atoms with Crippen LogP contribution in [0.1, 0.15) is 36.9 Å². The lowest BCUT2D eigenvalue weighted by Gasteiger charge is -2.33. The maximum absolute atomic E-state index is 12.4. The summed E-state index contributed by atoms with van der Waals surface area (Å²) in [5.74, 6) is 0.741. The topological polar surface area (TPSA) is 87.2 Å². The number of likely N-dealkylation sites (tertiary alicyclic amines) is 1. The van der Waals surface area contributed by atoms with Crippen molar-refractivity contribution >= 4 is 35.1 Å². The zero-order chi connectivity index (χ0) is 21.8. The number of para-hydroxylation sites is 1. The molecule has 2 aliphatic rings. The molecule has 7 nitrogen and oxygen atoms in total. The summed E-state index contributed by atoms with van der Waals surface area (Å²) >= 11 is 6.37. The minimum absolute atomic E-state index is 0.115. The summed E-state index contributed by atoms with van der Waals surface area (Å²) in [6.07, 6.45) is 7.24. The van der Waals surface area contributed by atoms with E-state index in [0.717, 1.165) is 37.8 Å². The van der Waals surface area contributed by atoms with Gasteiger partial charge in [0.15, 0.2) is 0 Å². The van der Waals surface area contributed by atoms with Crippen molar-refractivity contribution in [2.45, 2.75) is 38.1 Å². The minimum atomic E-state index is -0.272. The Hall–Kier alpha value is -2.93. The molecule has 2 amide bonds. The average Bonchev–Trinajstić information content (AvgIpc) is 3.62. The summed E-state index contributed by atoms with van der Waals surface area (Å²) in [6.45, 7) is 4.99. The second-order valence-electron chi connectivity index (χ2n) is 8.06. The molecule has 31 heavy (non-hydrogen) atoms. The average molecular weight is 440 g/mol. The lowest BCUT2D eigenvalue weighted by atomic mass is 10.1. The van der Waals surface area contributed by atoms with Crippen LogP contribution in [0, 0.1) is 5.92 Å². The zero-order valence-corrected chi connectivity index (χ0v) is 18.1. The van der Waals surface area contributed by atoms with Gasteiger partial charge in [-0.3, -0.25) is 9.59 Å². The Morgan fingerprint density at radius 3 is 2.84 bits per heavy atom. The van der Waals surface area contributed by atoms with Crippen LogP contribution in [-0.4, -0.2) is 45.8 Å². The van der Waals surface area contributed by atoms with E-state index in [0.29, 0.717) is 35.3 Å². The Kier molecular flexibility index (Phi) is 6.51. The molecule has 1 saturated carbocycles. The van der Waals surface area contributed by atoms with Crippen LogP contribution in [0.4, 0.5) is 11.6 Å². The minimum Gasteiger partial charge on any atom is -0.350 e. The summed E-state index contributed by atoms with van der Waals surface area (Å²) in [5.41, 5.74) is 2.25. The van der Waals surface area contributed by atoms with Gasteiger partial charge in [0.25, 0.3) is 0 Å². The number of nitrogens with zero attached hydrogens (tertiary/aromatic N) is 3. The van der Waals surface area contributed by atoms with Gasteiger partial charge in [-0.1, -0.05) is 36.4 Å². The Labute approximate surface area is 186 Å². The van der Waals surface area contributed by atoms with Crippen LogP contribution in [0.3, 0.4) is 0 Å². The van der Waals surface area contributed by atoms with Gasteiger partial charge in [-0.05, 0) is 43.4 Å². The van der Waals surface area contributed by atoms with Crippen molar-refractivity contribution in [1.29, 1.82) is 0 Å². The lowest BCUT2D eigenvalue weighted by molar-refractivity contribution is -0.133. The maximum atomic E-state index is 12.4. The van der Waals surface area contributed by atoms with Crippen LogP contribution in [0.5, 0.6) is 0 Å². The largest absolute Gasteiger partial charge is 0.350 e. The van der Waals surface area contributed by atoms with Crippen molar-refractivity contribution in [2.24, 2.45) is 5.92 Å². The molecular formula is C23H26ClN5O2. The monoisotopic (exact) mass is 439 g/mol. The molecule has 1 aliphatic heterocycles. The number of hydrogen-bond acceptors (Lipinski definition) is 5. The zero-order valence-electron chi connectivity index (χ0n) is 17.3. The first-order valence-corrected chi connectivity index (χ1v) is 11.0. The van der Waals surface area contributed by atoms with Gasteiger partial charge in [-0.2, -0.15) is 0 Å². The highest BCUT2D eigenvalue weighted by molar-refractivity contribution is 6.31. The molecular weight excluding hydrogens is 414 g/mol. The van der Waals surface area contributed by atoms with E-state index in [2.05, 4.69) is 27.2 Å². The van der Waals surface area contributed by atoms with Gasteiger partial charge >= 0.3 is 0 Å². The quantitative estimate of drug-likeness (QED) is 0.643. The Morgan fingerprint density at radius 1 is 1.26 bits per heavy atom. The summed E-state index contributed by atoms with van der Waals surface area (Å²) in [6, 6.07) is 7.63. The number of piperidine rings is 1. The van der Waals surface area contributed by atoms with Crippen molar-refractivity contribution in [3.63, 3.8) is 0 Å². The van der Waals surface area contributed by atoms with Crippen molar-refractivity contribution < 1.29 is 9.59 Å². The number of aromatic nitrogens is 2. The molecule has 0 spiro atoms. The Bertz CT molecular complexity index is 992. The van der Waals surface area contributed by atoms with E-state index in [1.54, 1.807) is 6.20 Å². The predicted octanol–water partition coefficient (Wildman–Crippen LogP) is 3.66. The molecule has 1 aromatic carbocycles. The van der Waals surface area contributed by atoms with Crippen LogP contribution >= 0.6 is 11.6 Å². The summed E-state index contributed by atoms with van der Waals surface area (Å²) in [7, 11) is 0. The number of hydrogen-bond donors (Lipinski definition) is 2. The van der Waals surface area contributed by atoms with Crippen molar-refractivity contribution in [1.82, 2.24) is 14.9 Å². The van der Waals surface area contributed by atoms with Crippen LogP contribution in [-0.2, 0) is 16.0 Å². The molecule has 8 heteroatoms. The molecule has 0 unspecified atom stereocenters. The number of halogens is 1. The van der Waals surface area contributed by atoms with Crippen molar-refractivity contribution in [3.8, 4) is 0 Å². The molecule has 162 valence electrons. The first-order chi connectivity index (χ1) is 15.0. The number of anilines is 2. The third-order valence-corrected chi connectivity index (χ3v) is 5.94. The van der Waals surface area contributed by atoms with Crippen LogP contribution in [0.25, 0.3) is 0 Å². The highest BCUT2D eigenvalue weighted by atomic mass is 35.5. The number of carbonyl (C=O) groups excluding carboxylic acids is 2. The summed E-state index contributed by atoms with van der Waals surface area (Å²) < 4.78 is 0.